The molecule has 0 saturated carbocycles. The van der Waals surface area contributed by atoms with Gasteiger partial charge in [-0.3, -0.25) is 4.79 Å². The van der Waals surface area contributed by atoms with Crippen LogP contribution < -0.4 is 10.5 Å². The van der Waals surface area contributed by atoms with E-state index in [1.54, 1.807) is 20.8 Å². The molecule has 7 heteroatoms. The summed E-state index contributed by atoms with van der Waals surface area (Å²) >= 11 is 0. The van der Waals surface area contributed by atoms with Gasteiger partial charge in [0.25, 0.3) is 0 Å². The number of hydrogen-bond donors (Lipinski definition) is 2. The van der Waals surface area contributed by atoms with Crippen LogP contribution in [-0.2, 0) is 19.6 Å². The van der Waals surface area contributed by atoms with E-state index < -0.39 is 27.6 Å². The lowest BCUT2D eigenvalue weighted by Crippen LogP contribution is -2.39. The Balaban J connectivity index is 4.18. The first-order chi connectivity index (χ1) is 8.07. The molecule has 0 spiro atoms. The van der Waals surface area contributed by atoms with Crippen molar-refractivity contribution in [1.82, 2.24) is 4.72 Å². The molecule has 3 N–H and O–H groups in total. The molecule has 0 aromatic carbocycles. The van der Waals surface area contributed by atoms with Gasteiger partial charge in [-0.25, -0.2) is 13.1 Å². The quantitative estimate of drug-likeness (QED) is 0.657. The van der Waals surface area contributed by atoms with Crippen molar-refractivity contribution < 1.29 is 17.9 Å². The van der Waals surface area contributed by atoms with Gasteiger partial charge in [-0.1, -0.05) is 6.92 Å². The van der Waals surface area contributed by atoms with Crippen LogP contribution in [0.2, 0.25) is 0 Å². The molecule has 0 aromatic rings. The summed E-state index contributed by atoms with van der Waals surface area (Å²) in [5, 5.41) is 0. The third-order valence-electron chi connectivity index (χ3n) is 1.98. The fraction of sp³-hybridized carbons (Fsp3) is 0.909. The minimum Gasteiger partial charge on any atom is -0.459 e. The van der Waals surface area contributed by atoms with Gasteiger partial charge in [0.05, 0.1) is 5.75 Å². The van der Waals surface area contributed by atoms with Crippen molar-refractivity contribution in [2.45, 2.75) is 52.2 Å². The van der Waals surface area contributed by atoms with E-state index in [1.807, 2.05) is 6.92 Å². The number of carbonyl (C=O) groups excluding carboxylic acids is 1. The van der Waals surface area contributed by atoms with E-state index in [9.17, 15) is 13.2 Å². The molecule has 0 heterocycles. The second kappa shape index (κ2) is 7.06. The molecule has 0 bridgehead atoms. The molecular weight excluding hydrogens is 256 g/mol. The minimum atomic E-state index is -3.35. The molecule has 1 unspecified atom stereocenters. The van der Waals surface area contributed by atoms with Crippen LogP contribution in [0.4, 0.5) is 0 Å². The van der Waals surface area contributed by atoms with Crippen LogP contribution in [0.1, 0.15) is 40.5 Å². The van der Waals surface area contributed by atoms with Crippen molar-refractivity contribution >= 4 is 16.0 Å². The highest BCUT2D eigenvalue weighted by Crippen LogP contribution is 2.09. The number of carbonyl (C=O) groups is 1. The Kier molecular flexibility index (Phi) is 6.80. The average Bonchev–Trinajstić information content (AvgIpc) is 2.21. The van der Waals surface area contributed by atoms with Crippen LogP contribution in [0.3, 0.4) is 0 Å². The largest absolute Gasteiger partial charge is 0.459 e. The molecule has 0 aliphatic rings. The van der Waals surface area contributed by atoms with E-state index in [-0.39, 0.29) is 12.2 Å². The SMILES string of the molecule is CCCNS(=O)(=O)CCC(N)C(=O)OC(C)(C)C. The first-order valence-corrected chi connectivity index (χ1v) is 7.68. The minimum absolute atomic E-state index is 0.0496. The molecule has 0 aliphatic carbocycles. The number of ether oxygens (including phenoxy) is 1. The van der Waals surface area contributed by atoms with Gasteiger partial charge in [0, 0.05) is 6.54 Å². The lowest BCUT2D eigenvalue weighted by Gasteiger charge is -2.22. The number of sulfonamides is 1. The maximum atomic E-state index is 11.5. The molecule has 0 rings (SSSR count). The van der Waals surface area contributed by atoms with E-state index in [4.69, 9.17) is 10.5 Å². The number of nitrogens with two attached hydrogens (primary N) is 1. The Morgan fingerprint density at radius 3 is 2.39 bits per heavy atom. The van der Waals surface area contributed by atoms with Crippen LogP contribution in [0.25, 0.3) is 0 Å². The van der Waals surface area contributed by atoms with Crippen LogP contribution in [0, 0.1) is 0 Å². The predicted octanol–water partition coefficient (Wildman–Crippen LogP) is 0.375. The maximum absolute atomic E-state index is 11.5. The Morgan fingerprint density at radius 2 is 1.94 bits per heavy atom. The zero-order valence-electron chi connectivity index (χ0n) is 11.5. The van der Waals surface area contributed by atoms with Crippen LogP contribution >= 0.6 is 0 Å². The number of nitrogens with one attached hydrogen (secondary N) is 1. The number of hydrogen-bond acceptors (Lipinski definition) is 5. The summed E-state index contributed by atoms with van der Waals surface area (Å²) in [5.74, 6) is -0.749. The summed E-state index contributed by atoms with van der Waals surface area (Å²) in [7, 11) is -3.35. The smallest absolute Gasteiger partial charge is 0.323 e. The molecule has 0 saturated heterocycles. The predicted molar refractivity (Wildman–Crippen MR) is 70.5 cm³/mol. The Morgan fingerprint density at radius 1 is 1.39 bits per heavy atom. The van der Waals surface area contributed by atoms with Crippen molar-refractivity contribution in [3.05, 3.63) is 0 Å². The van der Waals surface area contributed by atoms with E-state index in [2.05, 4.69) is 4.72 Å². The van der Waals surface area contributed by atoms with Crippen LogP contribution in [-0.4, -0.2) is 38.3 Å². The van der Waals surface area contributed by atoms with Crippen molar-refractivity contribution in [2.24, 2.45) is 5.73 Å². The summed E-state index contributed by atoms with van der Waals surface area (Å²) in [4.78, 5) is 11.5. The van der Waals surface area contributed by atoms with E-state index >= 15 is 0 Å². The molecule has 0 aliphatic heterocycles. The Hall–Kier alpha value is -0.660. The Bertz CT molecular complexity index is 360. The van der Waals surface area contributed by atoms with Gasteiger partial charge >= 0.3 is 5.97 Å². The fourth-order valence-electron chi connectivity index (χ4n) is 1.11. The summed E-state index contributed by atoms with van der Waals surface area (Å²) in [6.45, 7) is 7.46. The number of esters is 1. The average molecular weight is 280 g/mol. The van der Waals surface area contributed by atoms with E-state index in [0.29, 0.717) is 6.54 Å². The summed E-state index contributed by atoms with van der Waals surface area (Å²) in [6, 6.07) is -0.914. The molecule has 1 atom stereocenters. The van der Waals surface area contributed by atoms with Gasteiger partial charge in [-0.2, -0.15) is 0 Å². The molecule has 0 fully saturated rings. The monoisotopic (exact) mass is 280 g/mol. The van der Waals surface area contributed by atoms with Gasteiger partial charge < -0.3 is 10.5 Å². The van der Waals surface area contributed by atoms with Crippen LogP contribution in [0.15, 0.2) is 0 Å². The lowest BCUT2D eigenvalue weighted by atomic mass is 10.2. The maximum Gasteiger partial charge on any atom is 0.323 e. The second-order valence-electron chi connectivity index (χ2n) is 5.14. The molecule has 0 amide bonds. The molecule has 108 valence electrons. The third-order valence-corrected chi connectivity index (χ3v) is 3.40. The van der Waals surface area contributed by atoms with Crippen molar-refractivity contribution in [1.29, 1.82) is 0 Å². The molecule has 6 nitrogen and oxygen atoms in total. The van der Waals surface area contributed by atoms with Crippen LogP contribution in [0.5, 0.6) is 0 Å². The van der Waals surface area contributed by atoms with Gasteiger partial charge in [0.1, 0.15) is 11.6 Å². The summed E-state index contributed by atoms with van der Waals surface area (Å²) in [6.07, 6.45) is 0.769. The molecule has 18 heavy (non-hydrogen) atoms. The van der Waals surface area contributed by atoms with E-state index in [1.165, 1.54) is 0 Å². The van der Waals surface area contributed by atoms with Gasteiger partial charge in [0.2, 0.25) is 10.0 Å². The highest BCUT2D eigenvalue weighted by Gasteiger charge is 2.23. The topological polar surface area (TPSA) is 98.5 Å². The van der Waals surface area contributed by atoms with E-state index in [0.717, 1.165) is 6.42 Å². The molecular formula is C11H24N2O4S. The Labute approximate surface area is 109 Å². The first kappa shape index (κ1) is 17.3. The molecule has 0 radical (unpaired) electrons. The zero-order valence-corrected chi connectivity index (χ0v) is 12.3. The van der Waals surface area contributed by atoms with Gasteiger partial charge in [-0.15, -0.1) is 0 Å². The number of rotatable bonds is 7. The van der Waals surface area contributed by atoms with Crippen molar-refractivity contribution in [3.63, 3.8) is 0 Å². The second-order valence-corrected chi connectivity index (χ2v) is 7.07. The van der Waals surface area contributed by atoms with Crippen molar-refractivity contribution in [3.8, 4) is 0 Å². The highest BCUT2D eigenvalue weighted by molar-refractivity contribution is 7.89. The lowest BCUT2D eigenvalue weighted by molar-refractivity contribution is -0.156. The summed E-state index contributed by atoms with van der Waals surface area (Å²) < 4.78 is 30.4. The van der Waals surface area contributed by atoms with Gasteiger partial charge in [0.15, 0.2) is 0 Å². The zero-order chi connectivity index (χ0) is 14.4. The van der Waals surface area contributed by atoms with Gasteiger partial charge in [-0.05, 0) is 33.6 Å². The highest BCUT2D eigenvalue weighted by atomic mass is 32.2. The third kappa shape index (κ3) is 8.43. The fourth-order valence-corrected chi connectivity index (χ4v) is 2.33. The summed E-state index contributed by atoms with van der Waals surface area (Å²) in [5.41, 5.74) is 4.98. The normalized spacial score (nSPS) is 14.3. The standard InChI is InChI=1S/C11H24N2O4S/c1-5-7-13-18(15,16)8-6-9(12)10(14)17-11(2,3)4/h9,13H,5-8,12H2,1-4H3. The molecule has 0 aromatic heterocycles. The van der Waals surface area contributed by atoms with Crippen molar-refractivity contribution in [2.75, 3.05) is 12.3 Å². The first-order valence-electron chi connectivity index (χ1n) is 6.03.